The van der Waals surface area contributed by atoms with Crippen LogP contribution in [0.5, 0.6) is 6.01 Å². The fourth-order valence-corrected chi connectivity index (χ4v) is 2.38. The number of ether oxygens (including phenoxy) is 1. The van der Waals surface area contributed by atoms with Crippen LogP contribution in [-0.2, 0) is 6.42 Å². The van der Waals surface area contributed by atoms with Crippen molar-refractivity contribution in [2.24, 2.45) is 0 Å². The van der Waals surface area contributed by atoms with Crippen LogP contribution < -0.4 is 15.4 Å². The zero-order valence-corrected chi connectivity index (χ0v) is 13.0. The molecule has 0 aliphatic carbocycles. The molecule has 2 aromatic rings. The van der Waals surface area contributed by atoms with E-state index in [-0.39, 0.29) is 12.0 Å². The summed E-state index contributed by atoms with van der Waals surface area (Å²) in [6.45, 7) is 6.14. The second-order valence-corrected chi connectivity index (χ2v) is 5.43. The van der Waals surface area contributed by atoms with Gasteiger partial charge in [-0.3, -0.25) is 4.98 Å². The van der Waals surface area contributed by atoms with E-state index in [4.69, 9.17) is 10.5 Å². The maximum atomic E-state index is 5.78. The third kappa shape index (κ3) is 4.15. The van der Waals surface area contributed by atoms with Gasteiger partial charge in [0, 0.05) is 31.4 Å². The molecule has 0 amide bonds. The highest BCUT2D eigenvalue weighted by Crippen LogP contribution is 2.20. The first-order chi connectivity index (χ1) is 11.2. The molecule has 0 unspecified atom stereocenters. The number of hydrogen-bond donors (Lipinski definition) is 1. The van der Waals surface area contributed by atoms with Crippen LogP contribution in [0.15, 0.2) is 36.5 Å². The molecule has 0 atom stereocenters. The van der Waals surface area contributed by atoms with E-state index >= 15 is 0 Å². The van der Waals surface area contributed by atoms with E-state index in [1.54, 1.807) is 6.20 Å². The minimum atomic E-state index is 0.173. The summed E-state index contributed by atoms with van der Waals surface area (Å²) in [5.41, 5.74) is 8.00. The maximum absolute atomic E-state index is 5.78. The molecule has 1 aliphatic rings. The molecule has 1 saturated heterocycles. The Morgan fingerprint density at radius 1 is 1.17 bits per heavy atom. The summed E-state index contributed by atoms with van der Waals surface area (Å²) in [6, 6.07) is 6.05. The molecule has 0 bridgehead atoms. The van der Waals surface area contributed by atoms with E-state index in [0.717, 1.165) is 31.6 Å². The zero-order valence-electron chi connectivity index (χ0n) is 13.0. The van der Waals surface area contributed by atoms with Crippen molar-refractivity contribution in [3.05, 3.63) is 42.2 Å². The lowest BCUT2D eigenvalue weighted by Gasteiger charge is -2.27. The molecule has 2 aromatic heterocycles. The van der Waals surface area contributed by atoms with Gasteiger partial charge in [-0.2, -0.15) is 15.0 Å². The topological polar surface area (TPSA) is 90.1 Å². The van der Waals surface area contributed by atoms with Crippen molar-refractivity contribution >= 4 is 11.9 Å². The first-order valence-electron chi connectivity index (χ1n) is 7.66. The number of aromatic nitrogens is 4. The van der Waals surface area contributed by atoms with Gasteiger partial charge in [0.05, 0.1) is 6.61 Å². The SMILES string of the molecule is C=C1CCN(c2nc(N)nc(OCCc3ccccn3)n2)CC1. The second-order valence-electron chi connectivity index (χ2n) is 5.43. The predicted octanol–water partition coefficient (Wildman–Crippen LogP) is 1.63. The van der Waals surface area contributed by atoms with Crippen molar-refractivity contribution < 1.29 is 4.74 Å². The van der Waals surface area contributed by atoms with Crippen molar-refractivity contribution in [3.8, 4) is 6.01 Å². The molecule has 7 nitrogen and oxygen atoms in total. The van der Waals surface area contributed by atoms with E-state index < -0.39 is 0 Å². The Kier molecular flexibility index (Phi) is 4.65. The van der Waals surface area contributed by atoms with Gasteiger partial charge in [-0.1, -0.05) is 18.2 Å². The van der Waals surface area contributed by atoms with Gasteiger partial charge in [0.25, 0.3) is 0 Å². The van der Waals surface area contributed by atoms with Gasteiger partial charge >= 0.3 is 6.01 Å². The van der Waals surface area contributed by atoms with Gasteiger partial charge in [-0.25, -0.2) is 0 Å². The number of nitrogen functional groups attached to an aromatic ring is 1. The fourth-order valence-electron chi connectivity index (χ4n) is 2.38. The number of anilines is 2. The Balaban J connectivity index is 1.62. The molecular weight excluding hydrogens is 292 g/mol. The molecule has 0 spiro atoms. The molecule has 7 heteroatoms. The molecule has 0 aromatic carbocycles. The summed E-state index contributed by atoms with van der Waals surface area (Å²) >= 11 is 0. The molecule has 0 saturated carbocycles. The first kappa shape index (κ1) is 15.2. The van der Waals surface area contributed by atoms with Crippen LogP contribution in [-0.4, -0.2) is 39.6 Å². The van der Waals surface area contributed by atoms with Gasteiger partial charge in [0.2, 0.25) is 11.9 Å². The number of pyridine rings is 1. The van der Waals surface area contributed by atoms with Gasteiger partial charge in [0.15, 0.2) is 0 Å². The molecule has 1 fully saturated rings. The monoisotopic (exact) mass is 312 g/mol. The zero-order chi connectivity index (χ0) is 16.1. The molecule has 23 heavy (non-hydrogen) atoms. The van der Waals surface area contributed by atoms with Crippen LogP contribution in [0.1, 0.15) is 18.5 Å². The van der Waals surface area contributed by atoms with Gasteiger partial charge < -0.3 is 15.4 Å². The Morgan fingerprint density at radius 2 is 2.00 bits per heavy atom. The standard InChI is InChI=1S/C16H20N6O/c1-12-5-9-22(10-6-12)15-19-14(17)20-16(21-15)23-11-7-13-4-2-3-8-18-13/h2-4,8H,1,5-7,9-11H2,(H2,17,19,20,21). The minimum Gasteiger partial charge on any atom is -0.463 e. The summed E-state index contributed by atoms with van der Waals surface area (Å²) in [7, 11) is 0. The van der Waals surface area contributed by atoms with E-state index in [1.807, 2.05) is 18.2 Å². The van der Waals surface area contributed by atoms with Crippen LogP contribution >= 0.6 is 0 Å². The third-order valence-corrected chi connectivity index (χ3v) is 3.69. The molecule has 3 heterocycles. The number of nitrogens with zero attached hydrogens (tertiary/aromatic N) is 5. The van der Waals surface area contributed by atoms with Crippen LogP contribution in [0, 0.1) is 0 Å². The lowest BCUT2D eigenvalue weighted by molar-refractivity contribution is 0.294. The highest BCUT2D eigenvalue weighted by Gasteiger charge is 2.17. The molecule has 3 rings (SSSR count). The van der Waals surface area contributed by atoms with Crippen LogP contribution in [0.25, 0.3) is 0 Å². The minimum absolute atomic E-state index is 0.173. The first-order valence-corrected chi connectivity index (χ1v) is 7.66. The Bertz CT molecular complexity index is 666. The third-order valence-electron chi connectivity index (χ3n) is 3.69. The number of nitrogens with two attached hydrogens (primary N) is 1. The smallest absolute Gasteiger partial charge is 0.323 e. The maximum Gasteiger partial charge on any atom is 0.323 e. The molecule has 120 valence electrons. The van der Waals surface area contributed by atoms with Crippen molar-refractivity contribution in [3.63, 3.8) is 0 Å². The highest BCUT2D eigenvalue weighted by molar-refractivity contribution is 5.37. The van der Waals surface area contributed by atoms with E-state index in [1.165, 1.54) is 5.57 Å². The quantitative estimate of drug-likeness (QED) is 0.839. The summed E-state index contributed by atoms with van der Waals surface area (Å²) < 4.78 is 5.62. The molecular formula is C16H20N6O. The second kappa shape index (κ2) is 7.04. The van der Waals surface area contributed by atoms with E-state index in [9.17, 15) is 0 Å². The average Bonchev–Trinajstić information content (AvgIpc) is 2.56. The number of hydrogen-bond acceptors (Lipinski definition) is 7. The summed E-state index contributed by atoms with van der Waals surface area (Å²) in [5.74, 6) is 0.741. The summed E-state index contributed by atoms with van der Waals surface area (Å²) in [6.07, 6.45) is 4.34. The predicted molar refractivity (Wildman–Crippen MR) is 88.3 cm³/mol. The van der Waals surface area contributed by atoms with Crippen LogP contribution in [0.3, 0.4) is 0 Å². The molecule has 1 aliphatic heterocycles. The van der Waals surface area contributed by atoms with Crippen molar-refractivity contribution in [1.82, 2.24) is 19.9 Å². The normalized spacial score (nSPS) is 14.8. The largest absolute Gasteiger partial charge is 0.463 e. The summed E-state index contributed by atoms with van der Waals surface area (Å²) in [5, 5.41) is 0. The molecule has 0 radical (unpaired) electrons. The Labute approximate surface area is 135 Å². The number of rotatable bonds is 5. The Hall–Kier alpha value is -2.70. The van der Waals surface area contributed by atoms with Crippen molar-refractivity contribution in [2.45, 2.75) is 19.3 Å². The van der Waals surface area contributed by atoms with Gasteiger partial charge in [-0.15, -0.1) is 0 Å². The van der Waals surface area contributed by atoms with Gasteiger partial charge in [-0.05, 0) is 25.0 Å². The highest BCUT2D eigenvalue weighted by atomic mass is 16.5. The van der Waals surface area contributed by atoms with E-state index in [0.29, 0.717) is 19.0 Å². The van der Waals surface area contributed by atoms with Crippen LogP contribution in [0.2, 0.25) is 0 Å². The number of piperidine rings is 1. The Morgan fingerprint density at radius 3 is 2.74 bits per heavy atom. The summed E-state index contributed by atoms with van der Waals surface area (Å²) in [4.78, 5) is 18.9. The fraction of sp³-hybridized carbons (Fsp3) is 0.375. The molecule has 2 N–H and O–H groups in total. The average molecular weight is 312 g/mol. The van der Waals surface area contributed by atoms with Crippen molar-refractivity contribution in [1.29, 1.82) is 0 Å². The lowest BCUT2D eigenvalue weighted by Crippen LogP contribution is -2.32. The lowest BCUT2D eigenvalue weighted by atomic mass is 10.1. The van der Waals surface area contributed by atoms with E-state index in [2.05, 4.69) is 31.4 Å². The van der Waals surface area contributed by atoms with Crippen molar-refractivity contribution in [2.75, 3.05) is 30.3 Å². The van der Waals surface area contributed by atoms with Crippen LogP contribution in [0.4, 0.5) is 11.9 Å². The van der Waals surface area contributed by atoms with Gasteiger partial charge in [0.1, 0.15) is 0 Å².